The van der Waals surface area contributed by atoms with Gasteiger partial charge in [0.05, 0.1) is 0 Å². The Balaban J connectivity index is 0.00000242. The Hall–Kier alpha value is -1.30. The van der Waals surface area contributed by atoms with Gasteiger partial charge in [0, 0.05) is 10.9 Å². The molecular weight excluding hydrogens is 325 g/mol. The normalized spacial score (nSPS) is 17.9. The van der Waals surface area contributed by atoms with Crippen LogP contribution in [0.15, 0.2) is 24.3 Å². The summed E-state index contributed by atoms with van der Waals surface area (Å²) in [7, 11) is 0. The fraction of sp³-hybridized carbons (Fsp3) is 0.467. The van der Waals surface area contributed by atoms with Crippen molar-refractivity contribution < 1.29 is 9.59 Å². The van der Waals surface area contributed by atoms with Crippen LogP contribution in [0.25, 0.3) is 0 Å². The molecule has 1 aromatic carbocycles. The fourth-order valence-electron chi connectivity index (χ4n) is 2.51. The Bertz CT molecular complexity index is 547. The lowest BCUT2D eigenvalue weighted by atomic mass is 9.89. The van der Waals surface area contributed by atoms with E-state index in [9.17, 15) is 9.59 Å². The second-order valence-corrected chi connectivity index (χ2v) is 5.95. The molecule has 1 saturated heterocycles. The lowest BCUT2D eigenvalue weighted by molar-refractivity contribution is -0.134. The minimum atomic E-state index is -1.26. The molecule has 0 radical (unpaired) electrons. The van der Waals surface area contributed by atoms with Crippen LogP contribution in [-0.2, 0) is 15.1 Å². The van der Waals surface area contributed by atoms with E-state index in [1.165, 1.54) is 0 Å². The number of hydrogen-bond donors (Lipinski definition) is 3. The smallest absolute Gasteiger partial charge is 0.247 e. The number of carbonyl (C=O) groups is 2. The summed E-state index contributed by atoms with van der Waals surface area (Å²) in [5.74, 6) is -0.839. The molecule has 0 bridgehead atoms. The van der Waals surface area contributed by atoms with Crippen LogP contribution in [0.4, 0.5) is 0 Å². The monoisotopic (exact) mass is 345 g/mol. The first-order valence-corrected chi connectivity index (χ1v) is 7.40. The molecule has 1 aliphatic heterocycles. The number of rotatable bonds is 4. The summed E-state index contributed by atoms with van der Waals surface area (Å²) in [4.78, 5) is 24.3. The summed E-state index contributed by atoms with van der Waals surface area (Å²) in [5.41, 5.74) is 4.85. The van der Waals surface area contributed by atoms with Gasteiger partial charge in [0.15, 0.2) is 0 Å². The lowest BCUT2D eigenvalue weighted by Crippen LogP contribution is -2.55. The quantitative estimate of drug-likeness (QED) is 0.774. The number of benzene rings is 1. The Labute approximate surface area is 141 Å². The summed E-state index contributed by atoms with van der Waals surface area (Å²) < 4.78 is 0. The van der Waals surface area contributed by atoms with Crippen molar-refractivity contribution in [1.82, 2.24) is 10.6 Å². The number of nitrogens with two attached hydrogens (primary N) is 1. The summed E-state index contributed by atoms with van der Waals surface area (Å²) in [6.45, 7) is 3.23. The predicted octanol–water partition coefficient (Wildman–Crippen LogP) is 1.58. The van der Waals surface area contributed by atoms with Crippen molar-refractivity contribution in [2.24, 2.45) is 11.7 Å². The first-order chi connectivity index (χ1) is 9.93. The van der Waals surface area contributed by atoms with E-state index in [4.69, 9.17) is 17.3 Å². The number of nitrogens with one attached hydrogen (secondary N) is 2. The highest BCUT2D eigenvalue weighted by molar-refractivity contribution is 6.30. The van der Waals surface area contributed by atoms with Gasteiger partial charge in [-0.3, -0.25) is 9.59 Å². The first kappa shape index (κ1) is 18.7. The Morgan fingerprint density at radius 3 is 2.55 bits per heavy atom. The first-order valence-electron chi connectivity index (χ1n) is 7.02. The van der Waals surface area contributed by atoms with Crippen molar-refractivity contribution in [3.05, 3.63) is 34.9 Å². The van der Waals surface area contributed by atoms with E-state index in [1.807, 2.05) is 0 Å². The third kappa shape index (κ3) is 4.12. The standard InChI is InChI=1S/C15H20ClN3O2.ClH/c1-15(14(17)21,11-3-2-4-12(16)9-11)19-13(20)10-5-7-18-8-6-10;/h2-4,9-10,18H,5-8H2,1H3,(H2,17,21)(H,19,20);1H. The van der Waals surface area contributed by atoms with Gasteiger partial charge in [-0.05, 0) is 50.6 Å². The molecule has 5 nitrogen and oxygen atoms in total. The molecule has 4 N–H and O–H groups in total. The van der Waals surface area contributed by atoms with Gasteiger partial charge in [-0.15, -0.1) is 12.4 Å². The van der Waals surface area contributed by atoms with Gasteiger partial charge in [0.1, 0.15) is 5.54 Å². The van der Waals surface area contributed by atoms with E-state index < -0.39 is 11.4 Å². The molecule has 2 rings (SSSR count). The maximum Gasteiger partial charge on any atom is 0.247 e. The molecule has 22 heavy (non-hydrogen) atoms. The van der Waals surface area contributed by atoms with Crippen LogP contribution in [0, 0.1) is 5.92 Å². The zero-order valence-corrected chi connectivity index (χ0v) is 14.0. The number of carbonyl (C=O) groups excluding carboxylic acids is 2. The SMILES string of the molecule is CC(NC(=O)C1CCNCC1)(C(N)=O)c1cccc(Cl)c1.Cl. The lowest BCUT2D eigenvalue weighted by Gasteiger charge is -2.31. The van der Waals surface area contributed by atoms with E-state index in [0.29, 0.717) is 10.6 Å². The van der Waals surface area contributed by atoms with E-state index in [0.717, 1.165) is 25.9 Å². The van der Waals surface area contributed by atoms with Crippen molar-refractivity contribution in [2.45, 2.75) is 25.3 Å². The molecule has 0 spiro atoms. The highest BCUT2D eigenvalue weighted by Gasteiger charge is 2.37. The zero-order valence-electron chi connectivity index (χ0n) is 12.4. The largest absolute Gasteiger partial charge is 0.367 e. The molecule has 1 heterocycles. The van der Waals surface area contributed by atoms with E-state index in [-0.39, 0.29) is 24.2 Å². The molecular formula is C15H21Cl2N3O2. The van der Waals surface area contributed by atoms with E-state index in [2.05, 4.69) is 10.6 Å². The highest BCUT2D eigenvalue weighted by Crippen LogP contribution is 2.25. The number of primary amides is 1. The third-order valence-corrected chi connectivity index (χ3v) is 4.21. The fourth-order valence-corrected chi connectivity index (χ4v) is 2.70. The van der Waals surface area contributed by atoms with Gasteiger partial charge in [-0.2, -0.15) is 0 Å². The maximum atomic E-state index is 12.4. The number of hydrogen-bond acceptors (Lipinski definition) is 3. The molecule has 1 atom stereocenters. The zero-order chi connectivity index (χ0) is 15.5. The minimum absolute atomic E-state index is 0. The van der Waals surface area contributed by atoms with Gasteiger partial charge >= 0.3 is 0 Å². The van der Waals surface area contributed by atoms with Crippen LogP contribution in [0.2, 0.25) is 5.02 Å². The summed E-state index contributed by atoms with van der Waals surface area (Å²) >= 11 is 5.97. The average molecular weight is 346 g/mol. The molecule has 0 aliphatic carbocycles. The molecule has 7 heteroatoms. The van der Waals surface area contributed by atoms with Crippen molar-refractivity contribution in [1.29, 1.82) is 0 Å². The minimum Gasteiger partial charge on any atom is -0.367 e. The van der Waals surface area contributed by atoms with Crippen LogP contribution in [-0.4, -0.2) is 24.9 Å². The molecule has 1 unspecified atom stereocenters. The Morgan fingerprint density at radius 1 is 1.36 bits per heavy atom. The number of amides is 2. The Morgan fingerprint density at radius 2 is 2.00 bits per heavy atom. The maximum absolute atomic E-state index is 12.4. The van der Waals surface area contributed by atoms with Gasteiger partial charge in [-0.1, -0.05) is 23.7 Å². The van der Waals surface area contributed by atoms with E-state index in [1.54, 1.807) is 31.2 Å². The molecule has 1 fully saturated rings. The van der Waals surface area contributed by atoms with Crippen molar-refractivity contribution in [3.8, 4) is 0 Å². The van der Waals surface area contributed by atoms with E-state index >= 15 is 0 Å². The third-order valence-electron chi connectivity index (χ3n) is 3.98. The van der Waals surface area contributed by atoms with Gasteiger partial charge in [0.2, 0.25) is 11.8 Å². The van der Waals surface area contributed by atoms with Gasteiger partial charge < -0.3 is 16.4 Å². The van der Waals surface area contributed by atoms with Crippen LogP contribution >= 0.6 is 24.0 Å². The van der Waals surface area contributed by atoms with Crippen LogP contribution in [0.5, 0.6) is 0 Å². The van der Waals surface area contributed by atoms with Crippen molar-refractivity contribution in [2.75, 3.05) is 13.1 Å². The summed E-state index contributed by atoms with van der Waals surface area (Å²) in [5, 5.41) is 6.51. The molecule has 1 aliphatic rings. The number of halogens is 2. The molecule has 0 saturated carbocycles. The van der Waals surface area contributed by atoms with Crippen LogP contribution in [0.3, 0.4) is 0 Å². The number of piperidine rings is 1. The average Bonchev–Trinajstić information content (AvgIpc) is 2.47. The molecule has 2 amide bonds. The van der Waals surface area contributed by atoms with Gasteiger partial charge in [0.25, 0.3) is 0 Å². The van der Waals surface area contributed by atoms with Gasteiger partial charge in [-0.25, -0.2) is 0 Å². The highest BCUT2D eigenvalue weighted by atomic mass is 35.5. The predicted molar refractivity (Wildman–Crippen MR) is 89.0 cm³/mol. The molecule has 122 valence electrons. The van der Waals surface area contributed by atoms with Crippen molar-refractivity contribution in [3.63, 3.8) is 0 Å². The van der Waals surface area contributed by atoms with Crippen LogP contribution < -0.4 is 16.4 Å². The topological polar surface area (TPSA) is 84.2 Å². The second-order valence-electron chi connectivity index (χ2n) is 5.51. The Kier molecular flexibility index (Phi) is 6.66. The molecule has 0 aromatic heterocycles. The summed E-state index contributed by atoms with van der Waals surface area (Å²) in [6.07, 6.45) is 1.52. The van der Waals surface area contributed by atoms with Crippen LogP contribution in [0.1, 0.15) is 25.3 Å². The second kappa shape index (κ2) is 7.81. The van der Waals surface area contributed by atoms with Crippen molar-refractivity contribution >= 4 is 35.8 Å². The summed E-state index contributed by atoms with van der Waals surface area (Å²) in [6, 6.07) is 6.82. The molecule has 1 aromatic rings.